The van der Waals surface area contributed by atoms with Crippen molar-refractivity contribution in [3.05, 3.63) is 64.0 Å². The summed E-state index contributed by atoms with van der Waals surface area (Å²) in [6.45, 7) is 4.74. The molecule has 0 aliphatic carbocycles. The van der Waals surface area contributed by atoms with E-state index in [1.54, 1.807) is 33.6 Å². The molecule has 8 nitrogen and oxygen atoms in total. The van der Waals surface area contributed by atoms with E-state index in [-0.39, 0.29) is 31.3 Å². The number of morpholine rings is 1. The number of amides is 2. The number of rotatable bonds is 8. The van der Waals surface area contributed by atoms with Crippen molar-refractivity contribution in [3.8, 4) is 0 Å². The first-order valence-corrected chi connectivity index (χ1v) is 11.9. The van der Waals surface area contributed by atoms with E-state index in [4.69, 9.17) is 20.8 Å². The number of benzene rings is 1. The van der Waals surface area contributed by atoms with E-state index in [1.807, 2.05) is 25.1 Å². The van der Waals surface area contributed by atoms with Gasteiger partial charge in [-0.15, -0.1) is 11.3 Å². The third-order valence-electron chi connectivity index (χ3n) is 5.34. The van der Waals surface area contributed by atoms with Gasteiger partial charge in [-0.25, -0.2) is 4.98 Å². The van der Waals surface area contributed by atoms with Crippen molar-refractivity contribution < 1.29 is 18.7 Å². The van der Waals surface area contributed by atoms with Crippen LogP contribution in [0.3, 0.4) is 0 Å². The van der Waals surface area contributed by atoms with Crippen LogP contribution in [0.5, 0.6) is 0 Å². The van der Waals surface area contributed by atoms with Gasteiger partial charge in [-0.2, -0.15) is 0 Å². The molecule has 0 unspecified atom stereocenters. The van der Waals surface area contributed by atoms with Gasteiger partial charge in [-0.1, -0.05) is 17.7 Å². The van der Waals surface area contributed by atoms with Crippen LogP contribution in [0.4, 0.5) is 10.8 Å². The predicted octanol–water partition coefficient (Wildman–Crippen LogP) is 4.33. The van der Waals surface area contributed by atoms with E-state index in [2.05, 4.69) is 10.3 Å². The lowest BCUT2D eigenvalue weighted by atomic mass is 10.2. The van der Waals surface area contributed by atoms with E-state index in [1.165, 1.54) is 11.3 Å². The molecule has 0 atom stereocenters. The Morgan fingerprint density at radius 3 is 2.85 bits per heavy atom. The molecular formula is C23H25ClN4O4S. The summed E-state index contributed by atoms with van der Waals surface area (Å²) in [5.41, 5.74) is 2.16. The lowest BCUT2D eigenvalue weighted by molar-refractivity contribution is -0.135. The van der Waals surface area contributed by atoms with Crippen LogP contribution in [0, 0.1) is 6.92 Å². The first-order chi connectivity index (χ1) is 16.0. The second kappa shape index (κ2) is 10.8. The van der Waals surface area contributed by atoms with Crippen LogP contribution in [0.15, 0.2) is 46.4 Å². The van der Waals surface area contributed by atoms with Crippen LogP contribution in [-0.4, -0.2) is 59.4 Å². The molecule has 2 aromatic heterocycles. The summed E-state index contributed by atoms with van der Waals surface area (Å²) < 4.78 is 10.7. The normalized spacial score (nSPS) is 13.7. The molecule has 1 saturated heterocycles. The van der Waals surface area contributed by atoms with Crippen LogP contribution in [-0.2, 0) is 16.1 Å². The van der Waals surface area contributed by atoms with E-state index in [0.717, 1.165) is 11.3 Å². The lowest BCUT2D eigenvalue weighted by Crippen LogP contribution is -2.42. The zero-order valence-corrected chi connectivity index (χ0v) is 19.8. The molecule has 0 radical (unpaired) electrons. The summed E-state index contributed by atoms with van der Waals surface area (Å²) in [6.07, 6.45) is 1.79. The molecule has 1 aliphatic rings. The number of carbonyl (C=O) groups is 2. The van der Waals surface area contributed by atoms with Crippen molar-refractivity contribution in [1.82, 2.24) is 14.8 Å². The van der Waals surface area contributed by atoms with Gasteiger partial charge in [0.25, 0.3) is 5.91 Å². The van der Waals surface area contributed by atoms with E-state index in [0.29, 0.717) is 47.9 Å². The monoisotopic (exact) mass is 488 g/mol. The Morgan fingerprint density at radius 1 is 1.27 bits per heavy atom. The fourth-order valence-corrected chi connectivity index (χ4v) is 4.35. The number of aromatic nitrogens is 1. The minimum Gasteiger partial charge on any atom is -0.467 e. The van der Waals surface area contributed by atoms with E-state index < -0.39 is 0 Å². The summed E-state index contributed by atoms with van der Waals surface area (Å²) in [4.78, 5) is 33.7. The van der Waals surface area contributed by atoms with Crippen LogP contribution in [0.2, 0.25) is 5.02 Å². The largest absolute Gasteiger partial charge is 0.467 e. The molecule has 174 valence electrons. The van der Waals surface area contributed by atoms with Gasteiger partial charge in [-0.05, 0) is 36.8 Å². The zero-order valence-electron chi connectivity index (χ0n) is 18.3. The Labute approximate surface area is 201 Å². The average molecular weight is 489 g/mol. The SMILES string of the molecule is Cc1ccc(Cl)cc1Nc1nc(C(=O)N(CCC(=O)N2CCOCC2)Cc2ccco2)cs1. The summed E-state index contributed by atoms with van der Waals surface area (Å²) in [6, 6.07) is 9.14. The fraction of sp³-hybridized carbons (Fsp3) is 0.348. The number of halogens is 1. The van der Waals surface area contributed by atoms with Crippen molar-refractivity contribution in [3.63, 3.8) is 0 Å². The number of nitrogens with zero attached hydrogens (tertiary/aromatic N) is 3. The average Bonchev–Trinajstić information content (AvgIpc) is 3.51. The van der Waals surface area contributed by atoms with Crippen LogP contribution in [0.25, 0.3) is 0 Å². The van der Waals surface area contributed by atoms with Gasteiger partial charge in [0.05, 0.1) is 26.0 Å². The molecule has 0 spiro atoms. The van der Waals surface area contributed by atoms with E-state index >= 15 is 0 Å². The van der Waals surface area contributed by atoms with Gasteiger partial charge in [0.1, 0.15) is 11.5 Å². The first kappa shape index (κ1) is 23.3. The highest BCUT2D eigenvalue weighted by Crippen LogP contribution is 2.27. The molecule has 1 aliphatic heterocycles. The summed E-state index contributed by atoms with van der Waals surface area (Å²) in [5, 5.41) is 6.14. The number of hydrogen-bond acceptors (Lipinski definition) is 7. The fourth-order valence-electron chi connectivity index (χ4n) is 3.48. The zero-order chi connectivity index (χ0) is 23.2. The smallest absolute Gasteiger partial charge is 0.273 e. The highest BCUT2D eigenvalue weighted by molar-refractivity contribution is 7.14. The summed E-state index contributed by atoms with van der Waals surface area (Å²) >= 11 is 7.43. The van der Waals surface area contributed by atoms with Gasteiger partial charge in [0, 0.05) is 42.1 Å². The van der Waals surface area contributed by atoms with Crippen molar-refractivity contribution >= 4 is 45.6 Å². The molecule has 1 aromatic carbocycles. The topological polar surface area (TPSA) is 87.9 Å². The number of ether oxygens (including phenoxy) is 1. The molecule has 1 fully saturated rings. The molecule has 0 saturated carbocycles. The molecule has 33 heavy (non-hydrogen) atoms. The lowest BCUT2D eigenvalue weighted by Gasteiger charge is -2.28. The second-order valence-electron chi connectivity index (χ2n) is 7.67. The quantitative estimate of drug-likeness (QED) is 0.507. The molecule has 3 aromatic rings. The van der Waals surface area contributed by atoms with Crippen molar-refractivity contribution in [2.45, 2.75) is 19.9 Å². The highest BCUT2D eigenvalue weighted by Gasteiger charge is 2.23. The van der Waals surface area contributed by atoms with Gasteiger partial charge in [0.15, 0.2) is 5.13 Å². The van der Waals surface area contributed by atoms with Crippen LogP contribution < -0.4 is 5.32 Å². The Bertz CT molecular complexity index is 1100. The molecular weight excluding hydrogens is 464 g/mol. The molecule has 10 heteroatoms. The number of aryl methyl sites for hydroxylation is 1. The number of hydrogen-bond donors (Lipinski definition) is 1. The number of thiazole rings is 1. The first-order valence-electron chi connectivity index (χ1n) is 10.7. The van der Waals surface area contributed by atoms with Crippen LogP contribution in [0.1, 0.15) is 28.2 Å². The molecule has 2 amide bonds. The second-order valence-corrected chi connectivity index (χ2v) is 8.97. The predicted molar refractivity (Wildman–Crippen MR) is 127 cm³/mol. The molecule has 4 rings (SSSR count). The Morgan fingerprint density at radius 2 is 2.09 bits per heavy atom. The number of nitrogens with one attached hydrogen (secondary N) is 1. The van der Waals surface area contributed by atoms with Crippen molar-refractivity contribution in [2.24, 2.45) is 0 Å². The molecule has 1 N–H and O–H groups in total. The third kappa shape index (κ3) is 6.13. The Balaban J connectivity index is 1.45. The number of furan rings is 1. The number of anilines is 2. The summed E-state index contributed by atoms with van der Waals surface area (Å²) in [5.74, 6) is 0.395. The Kier molecular flexibility index (Phi) is 7.64. The third-order valence-corrected chi connectivity index (χ3v) is 6.33. The maximum absolute atomic E-state index is 13.3. The van der Waals surface area contributed by atoms with Crippen molar-refractivity contribution in [1.29, 1.82) is 0 Å². The van der Waals surface area contributed by atoms with E-state index in [9.17, 15) is 9.59 Å². The van der Waals surface area contributed by atoms with Crippen molar-refractivity contribution in [2.75, 3.05) is 38.2 Å². The van der Waals surface area contributed by atoms with Gasteiger partial charge >= 0.3 is 0 Å². The van der Waals surface area contributed by atoms with Crippen LogP contribution >= 0.6 is 22.9 Å². The Hall–Kier alpha value is -2.88. The van der Waals surface area contributed by atoms with Gasteiger partial charge in [0.2, 0.25) is 5.91 Å². The molecule has 0 bridgehead atoms. The van der Waals surface area contributed by atoms with Gasteiger partial charge < -0.3 is 24.3 Å². The number of carbonyl (C=O) groups excluding carboxylic acids is 2. The maximum atomic E-state index is 13.3. The minimum absolute atomic E-state index is 0.00705. The summed E-state index contributed by atoms with van der Waals surface area (Å²) in [7, 11) is 0. The standard InChI is InChI=1S/C23H25ClN4O4S/c1-16-4-5-17(24)13-19(16)25-23-26-20(15-33-23)22(30)28(14-18-3-2-10-32-18)7-6-21(29)27-8-11-31-12-9-27/h2-5,10,13,15H,6-9,11-12,14H2,1H3,(H,25,26). The highest BCUT2D eigenvalue weighted by atomic mass is 35.5. The minimum atomic E-state index is -0.256. The molecule has 3 heterocycles. The maximum Gasteiger partial charge on any atom is 0.273 e. The van der Waals surface area contributed by atoms with Gasteiger partial charge in [-0.3, -0.25) is 9.59 Å².